The minimum Gasteiger partial charge on any atom is -0.305 e. The van der Waals surface area contributed by atoms with Gasteiger partial charge < -0.3 is 4.90 Å². The Morgan fingerprint density at radius 3 is 2.22 bits per heavy atom. The molecule has 1 amide bonds. The van der Waals surface area contributed by atoms with Gasteiger partial charge in [-0.1, -0.05) is 45.7 Å². The number of aliphatic imine (C=N–C) groups is 1. The van der Waals surface area contributed by atoms with Crippen molar-refractivity contribution in [3.8, 4) is 0 Å². The van der Waals surface area contributed by atoms with Gasteiger partial charge in [-0.05, 0) is 79.2 Å². The third-order valence-corrected chi connectivity index (χ3v) is 6.22. The molecule has 2 aromatic carbocycles. The number of amides is 1. The van der Waals surface area contributed by atoms with Crippen molar-refractivity contribution in [1.82, 2.24) is 4.90 Å². The molecule has 0 radical (unpaired) electrons. The highest BCUT2D eigenvalue weighted by Gasteiger charge is 2.50. The third kappa shape index (κ3) is 4.64. The monoisotopic (exact) mass is 437 g/mol. The Hall–Kier alpha value is -2.89. The van der Waals surface area contributed by atoms with Gasteiger partial charge in [0.1, 0.15) is 22.9 Å². The van der Waals surface area contributed by atoms with E-state index in [4.69, 9.17) is 4.99 Å². The first kappa shape index (κ1) is 23.8. The molecule has 32 heavy (non-hydrogen) atoms. The molecule has 5 nitrogen and oxygen atoms in total. The van der Waals surface area contributed by atoms with Crippen LogP contribution < -0.4 is 0 Å². The van der Waals surface area contributed by atoms with E-state index in [1.165, 1.54) is 12.1 Å². The first-order chi connectivity index (χ1) is 15.6. The fraction of sp³-hybridized carbons (Fsp3) is 0.462. The van der Waals surface area contributed by atoms with Crippen molar-refractivity contribution in [2.24, 2.45) is 10.2 Å². The Kier molecular flexibility index (Phi) is 7.89. The van der Waals surface area contributed by atoms with Gasteiger partial charge in [-0.25, -0.2) is 4.39 Å². The summed E-state index contributed by atoms with van der Waals surface area (Å²) in [5.74, 6) is -0.429. The number of halogens is 1. The van der Waals surface area contributed by atoms with Crippen LogP contribution in [-0.2, 0) is 4.79 Å². The molecule has 6 heteroatoms. The Morgan fingerprint density at radius 1 is 1.03 bits per heavy atom. The average molecular weight is 438 g/mol. The molecule has 1 saturated carbocycles. The summed E-state index contributed by atoms with van der Waals surface area (Å²) in [6.45, 7) is 6.10. The van der Waals surface area contributed by atoms with E-state index in [-0.39, 0.29) is 17.8 Å². The van der Waals surface area contributed by atoms with Crippen LogP contribution in [0, 0.1) is 10.7 Å². The lowest BCUT2D eigenvalue weighted by atomic mass is 9.86. The first-order valence-corrected chi connectivity index (χ1v) is 11.7. The molecule has 0 unspecified atom stereocenters. The van der Waals surface area contributed by atoms with Crippen LogP contribution in [0.25, 0.3) is 0 Å². The zero-order valence-electron chi connectivity index (χ0n) is 19.2. The second kappa shape index (κ2) is 10.6. The molecule has 2 aromatic rings. The highest BCUT2D eigenvalue weighted by Crippen LogP contribution is 2.45. The summed E-state index contributed by atoms with van der Waals surface area (Å²) in [6.07, 6.45) is 6.56. The summed E-state index contributed by atoms with van der Waals surface area (Å²) < 4.78 is 13.4. The number of nitrogens with zero attached hydrogens (tertiary/aromatic N) is 3. The lowest BCUT2D eigenvalue weighted by Gasteiger charge is -2.44. The molecule has 2 aliphatic rings. The Bertz CT molecular complexity index is 948. The van der Waals surface area contributed by atoms with Gasteiger partial charge in [-0.15, -0.1) is 4.91 Å². The Morgan fingerprint density at radius 2 is 1.66 bits per heavy atom. The third-order valence-electron chi connectivity index (χ3n) is 6.22. The van der Waals surface area contributed by atoms with Gasteiger partial charge in [0.25, 0.3) is 5.91 Å². The van der Waals surface area contributed by atoms with Crippen LogP contribution in [0.15, 0.2) is 58.7 Å². The SMILES string of the molecule is CC.CCC[C@H](c1ccc(N=O)cc1)N1C(=O)C(c2ccc(F)cc2)=NC12CCCCC2. The molecule has 1 atom stereocenters. The molecule has 4 rings (SSSR count). The lowest BCUT2D eigenvalue weighted by molar-refractivity contribution is -0.132. The quantitative estimate of drug-likeness (QED) is 0.453. The number of benzene rings is 2. The van der Waals surface area contributed by atoms with E-state index in [1.54, 1.807) is 24.3 Å². The number of carbonyl (C=O) groups is 1. The molecule has 0 saturated heterocycles. The normalized spacial score (nSPS) is 18.1. The van der Waals surface area contributed by atoms with Gasteiger partial charge in [0.15, 0.2) is 0 Å². The smallest absolute Gasteiger partial charge is 0.275 e. The number of rotatable bonds is 6. The molecular weight excluding hydrogens is 405 g/mol. The number of carbonyl (C=O) groups excluding carboxylic acids is 1. The van der Waals surface area contributed by atoms with E-state index in [9.17, 15) is 14.1 Å². The summed E-state index contributed by atoms with van der Waals surface area (Å²) in [5, 5.41) is 2.99. The van der Waals surface area contributed by atoms with Gasteiger partial charge in [-0.3, -0.25) is 9.79 Å². The maximum Gasteiger partial charge on any atom is 0.275 e. The zero-order valence-corrected chi connectivity index (χ0v) is 19.2. The maximum atomic E-state index is 13.7. The summed E-state index contributed by atoms with van der Waals surface area (Å²) in [4.78, 5) is 31.5. The molecule has 0 aromatic heterocycles. The molecule has 170 valence electrons. The maximum absolute atomic E-state index is 13.7. The van der Waals surface area contributed by atoms with Gasteiger partial charge in [0, 0.05) is 5.56 Å². The number of hydrogen-bond donors (Lipinski definition) is 0. The summed E-state index contributed by atoms with van der Waals surface area (Å²) in [5.41, 5.74) is 1.88. The standard InChI is InChI=1S/C24H26FN3O2.C2H6/c1-2-6-21(17-9-13-20(27-30)14-10-17)28-23(29)22(18-7-11-19(25)12-8-18)26-24(28)15-4-3-5-16-24;1-2/h7-14,21H,2-6,15-16H2,1H3;1-2H3/t21-;/m1./s1. The van der Waals surface area contributed by atoms with E-state index in [2.05, 4.69) is 12.1 Å². The average Bonchev–Trinajstić information content (AvgIpc) is 3.11. The van der Waals surface area contributed by atoms with Crippen molar-refractivity contribution in [2.75, 3.05) is 0 Å². The van der Waals surface area contributed by atoms with Crippen molar-refractivity contribution >= 4 is 17.3 Å². The first-order valence-electron chi connectivity index (χ1n) is 11.7. The lowest BCUT2D eigenvalue weighted by Crippen LogP contribution is -2.50. The van der Waals surface area contributed by atoms with E-state index < -0.39 is 5.66 Å². The van der Waals surface area contributed by atoms with E-state index in [1.807, 2.05) is 30.9 Å². The topological polar surface area (TPSA) is 62.1 Å². The van der Waals surface area contributed by atoms with Crippen LogP contribution >= 0.6 is 0 Å². The van der Waals surface area contributed by atoms with Crippen molar-refractivity contribution in [3.05, 3.63) is 70.4 Å². The molecule has 1 fully saturated rings. The fourth-order valence-corrected chi connectivity index (χ4v) is 4.79. The minimum atomic E-state index is -0.555. The van der Waals surface area contributed by atoms with Crippen molar-refractivity contribution in [3.63, 3.8) is 0 Å². The van der Waals surface area contributed by atoms with E-state index >= 15 is 0 Å². The van der Waals surface area contributed by atoms with Crippen LogP contribution in [0.2, 0.25) is 0 Å². The van der Waals surface area contributed by atoms with Gasteiger partial charge in [0.2, 0.25) is 0 Å². The van der Waals surface area contributed by atoms with Crippen LogP contribution in [0.5, 0.6) is 0 Å². The van der Waals surface area contributed by atoms with E-state index in [0.29, 0.717) is 17.0 Å². The molecule has 0 N–H and O–H groups in total. The van der Waals surface area contributed by atoms with Crippen molar-refractivity contribution in [1.29, 1.82) is 0 Å². The highest BCUT2D eigenvalue weighted by molar-refractivity contribution is 6.46. The van der Waals surface area contributed by atoms with Crippen LogP contribution in [0.4, 0.5) is 10.1 Å². The molecule has 1 heterocycles. The summed E-state index contributed by atoms with van der Waals surface area (Å²) in [7, 11) is 0. The second-order valence-corrected chi connectivity index (χ2v) is 8.17. The second-order valence-electron chi connectivity index (χ2n) is 8.17. The van der Waals surface area contributed by atoms with Gasteiger partial charge in [-0.2, -0.15) is 0 Å². The van der Waals surface area contributed by atoms with Crippen molar-refractivity contribution < 1.29 is 9.18 Å². The van der Waals surface area contributed by atoms with Crippen LogP contribution in [0.3, 0.4) is 0 Å². The molecular formula is C26H32FN3O2. The fourth-order valence-electron chi connectivity index (χ4n) is 4.79. The Balaban J connectivity index is 0.00000141. The Labute approximate surface area is 189 Å². The number of hydrogen-bond acceptors (Lipinski definition) is 4. The molecule has 1 aliphatic carbocycles. The summed E-state index contributed by atoms with van der Waals surface area (Å²) in [6, 6.07) is 13.0. The number of nitroso groups, excluding NO2 is 1. The van der Waals surface area contributed by atoms with E-state index in [0.717, 1.165) is 50.5 Å². The molecule has 1 aliphatic heterocycles. The van der Waals surface area contributed by atoms with Crippen LogP contribution in [0.1, 0.15) is 82.9 Å². The molecule has 0 bridgehead atoms. The van der Waals surface area contributed by atoms with Gasteiger partial charge >= 0.3 is 0 Å². The predicted octanol–water partition coefficient (Wildman–Crippen LogP) is 7.08. The molecule has 1 spiro atoms. The largest absolute Gasteiger partial charge is 0.305 e. The highest BCUT2D eigenvalue weighted by atomic mass is 19.1. The summed E-state index contributed by atoms with van der Waals surface area (Å²) >= 11 is 0. The van der Waals surface area contributed by atoms with Gasteiger partial charge in [0.05, 0.1) is 6.04 Å². The predicted molar refractivity (Wildman–Crippen MR) is 126 cm³/mol. The zero-order chi connectivity index (χ0) is 23.1. The van der Waals surface area contributed by atoms with Crippen LogP contribution in [-0.4, -0.2) is 22.2 Å². The minimum absolute atomic E-state index is 0.0976. The van der Waals surface area contributed by atoms with Crippen molar-refractivity contribution in [2.45, 2.75) is 77.4 Å².